The smallest absolute Gasteiger partial charge is 0.251 e. The molecule has 8 heteroatoms. The summed E-state index contributed by atoms with van der Waals surface area (Å²) in [6, 6.07) is 8.93. The van der Waals surface area contributed by atoms with Crippen LogP contribution in [-0.4, -0.2) is 30.9 Å². The monoisotopic (exact) mass is 453 g/mol. The van der Waals surface area contributed by atoms with Gasteiger partial charge in [-0.25, -0.2) is 4.39 Å². The summed E-state index contributed by atoms with van der Waals surface area (Å²) in [6.45, 7) is 6.54. The van der Waals surface area contributed by atoms with E-state index < -0.39 is 23.7 Å². The number of benzene rings is 2. The van der Waals surface area contributed by atoms with Crippen molar-refractivity contribution >= 4 is 23.4 Å². The first-order chi connectivity index (χ1) is 15.6. The summed E-state index contributed by atoms with van der Waals surface area (Å²) in [6.07, 6.45) is 0.795. The fourth-order valence-electron chi connectivity index (χ4n) is 4.15. The Balaban J connectivity index is 1.58. The molecular formula is C25H28FN3O4. The van der Waals surface area contributed by atoms with Crippen LogP contribution < -0.4 is 20.7 Å². The minimum atomic E-state index is -1.01. The van der Waals surface area contributed by atoms with Crippen LogP contribution in [0.3, 0.4) is 0 Å². The molecule has 2 aromatic carbocycles. The number of anilines is 1. The summed E-state index contributed by atoms with van der Waals surface area (Å²) < 4.78 is 20.2. The van der Waals surface area contributed by atoms with Gasteiger partial charge in [0.15, 0.2) is 0 Å². The van der Waals surface area contributed by atoms with E-state index in [9.17, 15) is 18.8 Å². The quantitative estimate of drug-likeness (QED) is 0.649. The highest BCUT2D eigenvalue weighted by atomic mass is 19.1. The van der Waals surface area contributed by atoms with Crippen LogP contribution in [0.4, 0.5) is 10.1 Å². The molecule has 0 aliphatic carbocycles. The van der Waals surface area contributed by atoms with Gasteiger partial charge in [0.05, 0.1) is 12.5 Å². The van der Waals surface area contributed by atoms with Gasteiger partial charge in [0.25, 0.3) is 5.91 Å². The average molecular weight is 454 g/mol. The van der Waals surface area contributed by atoms with Gasteiger partial charge in [-0.2, -0.15) is 0 Å². The fraction of sp³-hybridized carbons (Fsp3) is 0.400. The van der Waals surface area contributed by atoms with Crippen LogP contribution in [0, 0.1) is 11.7 Å². The molecule has 0 spiro atoms. The molecule has 2 atom stereocenters. The van der Waals surface area contributed by atoms with Crippen LogP contribution in [0.1, 0.15) is 49.9 Å². The molecular weight excluding hydrogens is 425 g/mol. The van der Waals surface area contributed by atoms with E-state index in [0.29, 0.717) is 29.8 Å². The molecule has 2 aliphatic rings. The second-order valence-electron chi connectivity index (χ2n) is 9.55. The molecule has 2 aliphatic heterocycles. The van der Waals surface area contributed by atoms with Gasteiger partial charge in [-0.3, -0.25) is 14.4 Å². The molecule has 0 radical (unpaired) electrons. The molecule has 1 fully saturated rings. The topological polar surface area (TPSA) is 96.5 Å². The Kier molecular flexibility index (Phi) is 6.10. The lowest BCUT2D eigenvalue weighted by molar-refractivity contribution is -0.129. The molecule has 1 saturated heterocycles. The van der Waals surface area contributed by atoms with Crippen LogP contribution in [0.15, 0.2) is 36.4 Å². The van der Waals surface area contributed by atoms with Crippen molar-refractivity contribution < 1.29 is 23.5 Å². The van der Waals surface area contributed by atoms with Crippen molar-refractivity contribution in [3.05, 3.63) is 58.9 Å². The molecule has 2 heterocycles. The maximum Gasteiger partial charge on any atom is 0.251 e. The molecule has 0 bridgehead atoms. The van der Waals surface area contributed by atoms with E-state index in [-0.39, 0.29) is 30.2 Å². The van der Waals surface area contributed by atoms with E-state index in [0.717, 1.165) is 11.3 Å². The number of fused-ring (bicyclic) bond motifs is 1. The number of halogens is 1. The Morgan fingerprint density at radius 1 is 1.18 bits per heavy atom. The third-order valence-electron chi connectivity index (χ3n) is 5.99. The van der Waals surface area contributed by atoms with E-state index in [1.807, 2.05) is 26.8 Å². The maximum absolute atomic E-state index is 14.6. The van der Waals surface area contributed by atoms with Crippen LogP contribution in [0.2, 0.25) is 0 Å². The number of hydrogen-bond donors (Lipinski definition) is 3. The first-order valence-electron chi connectivity index (χ1n) is 11.1. The highest BCUT2D eigenvalue weighted by Gasteiger charge is 2.32. The Morgan fingerprint density at radius 3 is 2.64 bits per heavy atom. The number of carbonyl (C=O) groups excluding carboxylic acids is 3. The van der Waals surface area contributed by atoms with Gasteiger partial charge >= 0.3 is 0 Å². The first-order valence-corrected chi connectivity index (χ1v) is 11.1. The fourth-order valence-corrected chi connectivity index (χ4v) is 4.15. The van der Waals surface area contributed by atoms with Crippen LogP contribution in [0.5, 0.6) is 5.75 Å². The number of rotatable bonds is 5. The first kappa shape index (κ1) is 22.8. The van der Waals surface area contributed by atoms with Gasteiger partial charge in [0, 0.05) is 25.1 Å². The lowest BCUT2D eigenvalue weighted by Gasteiger charge is -2.22. The molecule has 174 valence electrons. The van der Waals surface area contributed by atoms with Crippen molar-refractivity contribution in [1.82, 2.24) is 10.6 Å². The summed E-state index contributed by atoms with van der Waals surface area (Å²) in [7, 11) is 0. The lowest BCUT2D eigenvalue weighted by atomic mass is 9.86. The van der Waals surface area contributed by atoms with Gasteiger partial charge in [0.2, 0.25) is 11.8 Å². The summed E-state index contributed by atoms with van der Waals surface area (Å²) >= 11 is 0. The summed E-state index contributed by atoms with van der Waals surface area (Å²) in [5, 5.41) is 8.14. The second-order valence-corrected chi connectivity index (χ2v) is 9.55. The van der Waals surface area contributed by atoms with Gasteiger partial charge in [-0.15, -0.1) is 0 Å². The number of amides is 3. The molecule has 0 aromatic heterocycles. The van der Waals surface area contributed by atoms with Crippen molar-refractivity contribution in [2.24, 2.45) is 5.92 Å². The Hall–Kier alpha value is -3.42. The largest absolute Gasteiger partial charge is 0.493 e. The molecule has 2 unspecified atom stereocenters. The van der Waals surface area contributed by atoms with E-state index in [1.54, 1.807) is 24.3 Å². The Labute approximate surface area is 192 Å². The lowest BCUT2D eigenvalue weighted by Crippen LogP contribution is -2.40. The van der Waals surface area contributed by atoms with Crippen LogP contribution in [0.25, 0.3) is 0 Å². The van der Waals surface area contributed by atoms with Crippen molar-refractivity contribution in [3.8, 4) is 5.75 Å². The second kappa shape index (κ2) is 8.84. The molecule has 4 rings (SSSR count). The van der Waals surface area contributed by atoms with Crippen LogP contribution >= 0.6 is 0 Å². The van der Waals surface area contributed by atoms with Crippen molar-refractivity contribution in [1.29, 1.82) is 0 Å². The predicted molar refractivity (Wildman–Crippen MR) is 121 cm³/mol. The number of hydrogen-bond acceptors (Lipinski definition) is 4. The van der Waals surface area contributed by atoms with Gasteiger partial charge in [-0.05, 0) is 46.4 Å². The number of carbonyl (C=O) groups is 3. The standard InChI is InChI=1S/C25H28FN3O4/c1-25(2,3)18-6-5-17(12-19(18)26)28-24(32)22(29-23(31)16-11-21(30)27-13-16)15-4-7-20-14(10-15)8-9-33-20/h4-7,10,12,16,22H,8-9,11,13H2,1-3H3,(H,27,30)(H,28,32)(H,29,31). The summed E-state index contributed by atoms with van der Waals surface area (Å²) in [5.41, 5.74) is 2.02. The highest BCUT2D eigenvalue weighted by molar-refractivity contribution is 5.99. The molecule has 3 N–H and O–H groups in total. The average Bonchev–Trinajstić information content (AvgIpc) is 3.39. The third-order valence-corrected chi connectivity index (χ3v) is 5.99. The summed E-state index contributed by atoms with van der Waals surface area (Å²) in [5.74, 6) is -1.28. The van der Waals surface area contributed by atoms with Crippen molar-refractivity contribution in [2.75, 3.05) is 18.5 Å². The summed E-state index contributed by atoms with van der Waals surface area (Å²) in [4.78, 5) is 37.6. The predicted octanol–water partition coefficient (Wildman–Crippen LogP) is 2.99. The molecule has 0 saturated carbocycles. The van der Waals surface area contributed by atoms with Gasteiger partial charge < -0.3 is 20.7 Å². The van der Waals surface area contributed by atoms with Crippen molar-refractivity contribution in [2.45, 2.75) is 45.1 Å². The minimum Gasteiger partial charge on any atom is -0.493 e. The minimum absolute atomic E-state index is 0.0810. The Bertz CT molecular complexity index is 1110. The van der Waals surface area contributed by atoms with E-state index in [4.69, 9.17) is 4.74 Å². The third kappa shape index (κ3) is 4.99. The number of ether oxygens (including phenoxy) is 1. The molecule has 33 heavy (non-hydrogen) atoms. The molecule has 2 aromatic rings. The Morgan fingerprint density at radius 2 is 1.97 bits per heavy atom. The van der Waals surface area contributed by atoms with Crippen LogP contribution in [-0.2, 0) is 26.2 Å². The maximum atomic E-state index is 14.6. The van der Waals surface area contributed by atoms with E-state index >= 15 is 0 Å². The SMILES string of the molecule is CC(C)(C)c1ccc(NC(=O)C(NC(=O)C2CNC(=O)C2)c2ccc3c(c2)CCO3)cc1F. The van der Waals surface area contributed by atoms with E-state index in [1.165, 1.54) is 6.07 Å². The van der Waals surface area contributed by atoms with Gasteiger partial charge in [0.1, 0.15) is 17.6 Å². The van der Waals surface area contributed by atoms with Gasteiger partial charge in [-0.1, -0.05) is 32.9 Å². The highest BCUT2D eigenvalue weighted by Crippen LogP contribution is 2.30. The number of nitrogens with one attached hydrogen (secondary N) is 3. The molecule has 3 amide bonds. The van der Waals surface area contributed by atoms with Crippen molar-refractivity contribution in [3.63, 3.8) is 0 Å². The van der Waals surface area contributed by atoms with E-state index in [2.05, 4.69) is 16.0 Å². The zero-order valence-electron chi connectivity index (χ0n) is 19.0. The normalized spacial score (nSPS) is 18.2. The zero-order valence-corrected chi connectivity index (χ0v) is 19.0. The zero-order chi connectivity index (χ0) is 23.8. The molecule has 7 nitrogen and oxygen atoms in total.